The third kappa shape index (κ3) is 6.87. The number of benzene rings is 1. The van der Waals surface area contributed by atoms with Gasteiger partial charge >= 0.3 is 0 Å². The molecular formula is C13H12Cl4FN3OS. The van der Waals surface area contributed by atoms with Crippen molar-refractivity contribution in [1.82, 2.24) is 9.97 Å². The van der Waals surface area contributed by atoms with Crippen molar-refractivity contribution in [3.8, 4) is 0 Å². The number of halogens is 5. The molecule has 0 aliphatic heterocycles. The third-order valence-corrected chi connectivity index (χ3v) is 3.44. The second-order valence-electron chi connectivity index (χ2n) is 4.36. The van der Waals surface area contributed by atoms with Gasteiger partial charge in [-0.05, 0) is 24.1 Å². The Morgan fingerprint density at radius 1 is 1.30 bits per heavy atom. The molecular weight excluding hydrogens is 407 g/mol. The molecule has 0 saturated carbocycles. The normalized spacial score (nSPS) is 10.4. The lowest BCUT2D eigenvalue weighted by molar-refractivity contribution is 0.612. The summed E-state index contributed by atoms with van der Waals surface area (Å²) in [5.74, 6) is 0.0803. The minimum atomic E-state index is -1.67. The highest BCUT2D eigenvalue weighted by Gasteiger charge is 2.12. The number of nitrogens with zero attached hydrogens (tertiary/aromatic N) is 2. The Kier molecular flexibility index (Phi) is 8.68. The number of aromatic nitrogens is 2. The van der Waals surface area contributed by atoms with E-state index in [1.807, 2.05) is 0 Å². The maximum atomic E-state index is 13.9. The van der Waals surface area contributed by atoms with Crippen LogP contribution >= 0.6 is 44.6 Å². The highest BCUT2D eigenvalue weighted by atomic mass is 36.0. The number of nitrogens with two attached hydrogens (primary N) is 1. The molecule has 0 amide bonds. The fraction of sp³-hybridized carbons (Fsp3) is 0.231. The van der Waals surface area contributed by atoms with Gasteiger partial charge in [0.05, 0.1) is 0 Å². The van der Waals surface area contributed by atoms with Gasteiger partial charge in [0.15, 0.2) is 31.0 Å². The Hall–Kier alpha value is -0.500. The molecule has 0 aliphatic carbocycles. The molecule has 0 unspecified atom stereocenters. The molecule has 0 radical (unpaired) electrons. The topological polar surface area (TPSA) is 74.9 Å². The molecule has 1 aromatic carbocycles. The van der Waals surface area contributed by atoms with Crippen LogP contribution in [0.3, 0.4) is 0 Å². The minimum Gasteiger partial charge on any atom is -0.582 e. The number of hydrogen-bond acceptors (Lipinski definition) is 4. The van der Waals surface area contributed by atoms with Crippen LogP contribution in [-0.4, -0.2) is 14.5 Å². The van der Waals surface area contributed by atoms with Gasteiger partial charge in [-0.3, -0.25) is 0 Å². The summed E-state index contributed by atoms with van der Waals surface area (Å²) >= 11 is 11.7. The van der Waals surface area contributed by atoms with Crippen molar-refractivity contribution in [2.45, 2.75) is 19.2 Å². The van der Waals surface area contributed by atoms with Gasteiger partial charge < -0.3 is 10.3 Å². The number of aryl methyl sites for hydroxylation is 1. The Morgan fingerprint density at radius 3 is 2.39 bits per heavy atom. The van der Waals surface area contributed by atoms with Crippen molar-refractivity contribution in [3.05, 3.63) is 51.6 Å². The highest BCUT2D eigenvalue weighted by Crippen LogP contribution is 2.23. The quantitative estimate of drug-likeness (QED) is 0.451. The zero-order valence-corrected chi connectivity index (χ0v) is 15.7. The molecule has 0 saturated heterocycles. The monoisotopic (exact) mass is 417 g/mol. The number of rotatable bonds is 3. The van der Waals surface area contributed by atoms with Crippen LogP contribution in [0.25, 0.3) is 0 Å². The van der Waals surface area contributed by atoms with Crippen molar-refractivity contribution < 1.29 is 8.94 Å². The third-order valence-electron chi connectivity index (χ3n) is 2.82. The molecule has 126 valence electrons. The van der Waals surface area contributed by atoms with Crippen molar-refractivity contribution in [3.63, 3.8) is 0 Å². The van der Waals surface area contributed by atoms with E-state index in [1.54, 1.807) is 19.1 Å². The lowest BCUT2D eigenvalue weighted by atomic mass is 10.0. The average Bonchev–Trinajstić information content (AvgIpc) is 2.43. The predicted molar refractivity (Wildman–Crippen MR) is 94.8 cm³/mol. The van der Waals surface area contributed by atoms with E-state index in [0.29, 0.717) is 23.2 Å². The molecule has 0 spiro atoms. The van der Waals surface area contributed by atoms with Crippen LogP contribution in [0.15, 0.2) is 18.2 Å². The fourth-order valence-electron chi connectivity index (χ4n) is 1.79. The molecule has 1 aromatic heterocycles. The first kappa shape index (κ1) is 20.5. The molecule has 4 nitrogen and oxygen atoms in total. The van der Waals surface area contributed by atoms with Crippen LogP contribution in [0, 0.1) is 12.7 Å². The Bertz CT molecular complexity index is 650. The lowest BCUT2D eigenvalue weighted by Crippen LogP contribution is -2.04. The minimum absolute atomic E-state index is 0.115. The zero-order valence-electron chi connectivity index (χ0n) is 11.8. The molecule has 2 aromatic rings. The summed E-state index contributed by atoms with van der Waals surface area (Å²) in [6.45, 7) is 1.77. The summed E-state index contributed by atoms with van der Waals surface area (Å²) in [6.07, 6.45) is 0.319. The number of alkyl halides is 1. The zero-order chi connectivity index (χ0) is 17.6. The van der Waals surface area contributed by atoms with E-state index in [4.69, 9.17) is 33.5 Å². The molecule has 10 heteroatoms. The number of hydrogen-bond donors (Lipinski definition) is 1. The summed E-state index contributed by atoms with van der Waals surface area (Å²) in [7, 11) is 7.36. The predicted octanol–water partition coefficient (Wildman–Crippen LogP) is 4.53. The van der Waals surface area contributed by atoms with Gasteiger partial charge in [0.2, 0.25) is 5.95 Å². The first-order chi connectivity index (χ1) is 10.7. The van der Waals surface area contributed by atoms with Gasteiger partial charge in [0.25, 0.3) is 0 Å². The lowest BCUT2D eigenvalue weighted by Gasteiger charge is -2.09. The van der Waals surface area contributed by atoms with Crippen LogP contribution in [0.4, 0.5) is 10.3 Å². The van der Waals surface area contributed by atoms with E-state index in [0.717, 1.165) is 5.56 Å². The number of anilines is 1. The van der Waals surface area contributed by atoms with Gasteiger partial charge in [-0.1, -0.05) is 23.7 Å². The van der Waals surface area contributed by atoms with Gasteiger partial charge in [-0.15, -0.1) is 11.6 Å². The molecule has 23 heavy (non-hydrogen) atoms. The fourth-order valence-corrected chi connectivity index (χ4v) is 2.25. The summed E-state index contributed by atoms with van der Waals surface area (Å²) in [4.78, 5) is 7.92. The number of nitrogen functional groups attached to an aromatic ring is 1. The van der Waals surface area contributed by atoms with Crippen LogP contribution in [0.2, 0.25) is 5.15 Å². The Morgan fingerprint density at radius 2 is 1.91 bits per heavy atom. The van der Waals surface area contributed by atoms with E-state index in [9.17, 15) is 4.39 Å². The molecule has 0 aliphatic rings. The standard InChI is InChI=1S/C13H12Cl2FN3.Cl2OS/c1-7-10(12(15)19-13(17)18-7)5-9-3-2-8(6-14)4-11(9)16;1-4(2)3/h2-4H,5-6H2,1H3,(H2,17,18,19);. The van der Waals surface area contributed by atoms with Crippen LogP contribution < -0.4 is 5.73 Å². The smallest absolute Gasteiger partial charge is 0.221 e. The van der Waals surface area contributed by atoms with E-state index in [-0.39, 0.29) is 22.8 Å². The largest absolute Gasteiger partial charge is 0.582 e. The summed E-state index contributed by atoms with van der Waals surface area (Å²) in [6, 6.07) is 4.90. The van der Waals surface area contributed by atoms with Crippen LogP contribution in [-0.2, 0) is 21.9 Å². The first-order valence-electron chi connectivity index (χ1n) is 6.10. The van der Waals surface area contributed by atoms with E-state index in [2.05, 4.69) is 31.3 Å². The van der Waals surface area contributed by atoms with Crippen molar-refractivity contribution >= 4 is 60.1 Å². The van der Waals surface area contributed by atoms with Gasteiger partial charge in [0.1, 0.15) is 11.0 Å². The second-order valence-corrected chi connectivity index (χ2v) is 7.51. The summed E-state index contributed by atoms with van der Waals surface area (Å²) < 4.78 is 23.0. The van der Waals surface area contributed by atoms with E-state index in [1.165, 1.54) is 6.07 Å². The molecule has 2 rings (SSSR count). The summed E-state index contributed by atoms with van der Waals surface area (Å²) in [5, 5.41) is 0.255. The SMILES string of the molecule is Cc1nc(N)nc(Cl)c1Cc1ccc(CCl)cc1F.[O-][S+](Cl)Cl. The highest BCUT2D eigenvalue weighted by molar-refractivity contribution is 8.31. The van der Waals surface area contributed by atoms with Crippen molar-refractivity contribution in [2.75, 3.05) is 5.73 Å². The maximum absolute atomic E-state index is 13.9. The van der Waals surface area contributed by atoms with Crippen molar-refractivity contribution in [2.24, 2.45) is 0 Å². The molecule has 2 N–H and O–H groups in total. The van der Waals surface area contributed by atoms with Crippen molar-refractivity contribution in [1.29, 1.82) is 0 Å². The van der Waals surface area contributed by atoms with Gasteiger partial charge in [0, 0.05) is 23.6 Å². The van der Waals surface area contributed by atoms with E-state index >= 15 is 0 Å². The first-order valence-corrected chi connectivity index (χ1v) is 9.82. The molecule has 0 bridgehead atoms. The van der Waals surface area contributed by atoms with Gasteiger partial charge in [-0.2, -0.15) is 0 Å². The molecule has 0 atom stereocenters. The van der Waals surface area contributed by atoms with Crippen LogP contribution in [0.1, 0.15) is 22.4 Å². The second kappa shape index (κ2) is 9.71. The van der Waals surface area contributed by atoms with E-state index < -0.39 is 9.60 Å². The van der Waals surface area contributed by atoms with Crippen LogP contribution in [0.5, 0.6) is 0 Å². The summed E-state index contributed by atoms with van der Waals surface area (Å²) in [5.41, 5.74) is 8.08. The van der Waals surface area contributed by atoms with Gasteiger partial charge in [-0.25, -0.2) is 14.4 Å². The Labute approximate surface area is 155 Å². The average molecular weight is 419 g/mol. The molecule has 0 fully saturated rings. The maximum Gasteiger partial charge on any atom is 0.221 e. The Balaban J connectivity index is 0.000000593. The molecule has 1 heterocycles.